The monoisotopic (exact) mass is 360 g/mol. The zero-order chi connectivity index (χ0) is 18.9. The zero-order valence-electron chi connectivity index (χ0n) is 15.3. The van der Waals surface area contributed by atoms with E-state index in [4.69, 9.17) is 0 Å². The summed E-state index contributed by atoms with van der Waals surface area (Å²) in [4.78, 5) is 24.7. The molecule has 2 aromatic rings. The number of nitrogens with one attached hydrogen (secondary N) is 2. The Morgan fingerprint density at radius 1 is 0.963 bits per heavy atom. The molecule has 0 aromatic heterocycles. The van der Waals surface area contributed by atoms with E-state index in [-0.39, 0.29) is 29.3 Å². The average Bonchev–Trinajstić information content (AvgIpc) is 2.66. The van der Waals surface area contributed by atoms with E-state index in [0.29, 0.717) is 5.56 Å². The molecule has 2 aliphatic rings. The molecule has 4 heteroatoms. The lowest BCUT2D eigenvalue weighted by Gasteiger charge is -2.61. The van der Waals surface area contributed by atoms with E-state index >= 15 is 0 Å². The van der Waals surface area contributed by atoms with Gasteiger partial charge in [0, 0.05) is 23.1 Å². The second kappa shape index (κ2) is 7.03. The van der Waals surface area contributed by atoms with Gasteiger partial charge >= 0.3 is 0 Å². The fraction of sp³-hybridized carbons (Fsp3) is 0.304. The molecule has 2 aromatic carbocycles. The molecule has 0 saturated heterocycles. The molecule has 0 bridgehead atoms. The van der Waals surface area contributed by atoms with Crippen LogP contribution in [-0.4, -0.2) is 23.9 Å². The van der Waals surface area contributed by atoms with Crippen LogP contribution in [0.25, 0.3) is 11.1 Å². The molecule has 138 valence electrons. The number of hydrogen-bond acceptors (Lipinski definition) is 2. The maximum Gasteiger partial charge on any atom is 0.252 e. The van der Waals surface area contributed by atoms with Gasteiger partial charge in [-0.25, -0.2) is 0 Å². The molecule has 27 heavy (non-hydrogen) atoms. The van der Waals surface area contributed by atoms with Crippen LogP contribution in [0.2, 0.25) is 0 Å². The second-order valence-corrected chi connectivity index (χ2v) is 7.53. The van der Waals surface area contributed by atoms with Gasteiger partial charge in [-0.2, -0.15) is 0 Å². The van der Waals surface area contributed by atoms with E-state index in [1.807, 2.05) is 54.6 Å². The number of hydrogen-bond donors (Lipinski definition) is 2. The first-order valence-electron chi connectivity index (χ1n) is 9.52. The molecule has 4 nitrogen and oxygen atoms in total. The van der Waals surface area contributed by atoms with Crippen LogP contribution in [0.4, 0.5) is 0 Å². The van der Waals surface area contributed by atoms with Crippen molar-refractivity contribution in [1.82, 2.24) is 10.6 Å². The van der Waals surface area contributed by atoms with Crippen LogP contribution in [-0.2, 0) is 4.79 Å². The second-order valence-electron chi connectivity index (χ2n) is 7.53. The minimum atomic E-state index is -0.134. The Morgan fingerprint density at radius 2 is 1.63 bits per heavy atom. The van der Waals surface area contributed by atoms with Crippen molar-refractivity contribution in [3.63, 3.8) is 0 Å². The molecule has 2 aliphatic carbocycles. The van der Waals surface area contributed by atoms with Crippen LogP contribution < -0.4 is 10.6 Å². The van der Waals surface area contributed by atoms with Gasteiger partial charge in [-0.1, -0.05) is 61.5 Å². The maximum atomic E-state index is 13.0. The highest BCUT2D eigenvalue weighted by Crippen LogP contribution is 2.56. The van der Waals surface area contributed by atoms with Crippen molar-refractivity contribution >= 4 is 11.8 Å². The lowest BCUT2D eigenvalue weighted by Crippen LogP contribution is -2.71. The van der Waals surface area contributed by atoms with Crippen molar-refractivity contribution in [2.75, 3.05) is 0 Å². The molecule has 0 heterocycles. The van der Waals surface area contributed by atoms with Crippen LogP contribution in [0.5, 0.6) is 0 Å². The predicted octanol–water partition coefficient (Wildman–Crippen LogP) is 3.70. The number of amides is 2. The third-order valence-corrected chi connectivity index (χ3v) is 6.21. The molecule has 2 fully saturated rings. The normalized spacial score (nSPS) is 22.2. The van der Waals surface area contributed by atoms with E-state index in [2.05, 4.69) is 17.2 Å². The van der Waals surface area contributed by atoms with Crippen molar-refractivity contribution in [3.05, 3.63) is 72.8 Å². The highest BCUT2D eigenvalue weighted by Gasteiger charge is 2.59. The van der Waals surface area contributed by atoms with Gasteiger partial charge < -0.3 is 10.6 Å². The van der Waals surface area contributed by atoms with Crippen molar-refractivity contribution in [1.29, 1.82) is 0 Å². The minimum Gasteiger partial charge on any atom is -0.349 e. The van der Waals surface area contributed by atoms with E-state index in [9.17, 15) is 9.59 Å². The molecule has 0 aliphatic heterocycles. The molecule has 1 spiro atoms. The summed E-state index contributed by atoms with van der Waals surface area (Å²) >= 11 is 0. The van der Waals surface area contributed by atoms with Crippen LogP contribution in [0, 0.1) is 5.41 Å². The summed E-state index contributed by atoms with van der Waals surface area (Å²) in [6.07, 6.45) is 5.32. The zero-order valence-corrected chi connectivity index (χ0v) is 15.3. The third kappa shape index (κ3) is 3.05. The van der Waals surface area contributed by atoms with Gasteiger partial charge in [-0.3, -0.25) is 9.59 Å². The quantitative estimate of drug-likeness (QED) is 0.799. The van der Waals surface area contributed by atoms with Crippen LogP contribution >= 0.6 is 0 Å². The molecular formula is C23H24N2O2. The van der Waals surface area contributed by atoms with Gasteiger partial charge in [0.05, 0.1) is 0 Å². The molecule has 2 N–H and O–H groups in total. The molecule has 2 unspecified atom stereocenters. The molecule has 0 radical (unpaired) electrons. The number of carbonyl (C=O) groups is 2. The van der Waals surface area contributed by atoms with Gasteiger partial charge in [0.15, 0.2) is 0 Å². The smallest absolute Gasteiger partial charge is 0.252 e. The SMILES string of the molecule is C=CC(=O)NC1CC(NC(=O)c2ccccc2-c2ccccc2)C12CCC2. The van der Waals surface area contributed by atoms with Gasteiger partial charge in [0.1, 0.15) is 0 Å². The van der Waals surface area contributed by atoms with E-state index in [1.54, 1.807) is 0 Å². The Bertz CT molecular complexity index is 871. The first kappa shape index (κ1) is 17.5. The number of benzene rings is 2. The van der Waals surface area contributed by atoms with Gasteiger partial charge in [-0.05, 0) is 42.5 Å². The van der Waals surface area contributed by atoms with Crippen molar-refractivity contribution in [2.24, 2.45) is 5.41 Å². The molecular weight excluding hydrogens is 336 g/mol. The lowest BCUT2D eigenvalue weighted by molar-refractivity contribution is -0.123. The fourth-order valence-electron chi connectivity index (χ4n) is 4.49. The van der Waals surface area contributed by atoms with E-state index < -0.39 is 0 Å². The largest absolute Gasteiger partial charge is 0.349 e. The summed E-state index contributed by atoms with van der Waals surface area (Å²) in [7, 11) is 0. The Morgan fingerprint density at radius 3 is 2.30 bits per heavy atom. The Kier molecular flexibility index (Phi) is 4.56. The van der Waals surface area contributed by atoms with Gasteiger partial charge in [-0.15, -0.1) is 0 Å². The minimum absolute atomic E-state index is 0.00994. The van der Waals surface area contributed by atoms with Crippen molar-refractivity contribution in [3.8, 4) is 11.1 Å². The summed E-state index contributed by atoms with van der Waals surface area (Å²) in [6.45, 7) is 3.53. The molecule has 4 rings (SSSR count). The van der Waals surface area contributed by atoms with Crippen molar-refractivity contribution < 1.29 is 9.59 Å². The predicted molar refractivity (Wildman–Crippen MR) is 106 cm³/mol. The third-order valence-electron chi connectivity index (χ3n) is 6.21. The van der Waals surface area contributed by atoms with Gasteiger partial charge in [0.25, 0.3) is 5.91 Å². The standard InChI is InChI=1S/C23H24N2O2/c1-2-21(26)24-19-15-20(23(19)13-8-14-23)25-22(27)18-12-7-6-11-17(18)16-9-4-3-5-10-16/h2-7,9-12,19-20H,1,8,13-15H2,(H,24,26)(H,25,27). The lowest BCUT2D eigenvalue weighted by atomic mass is 9.49. The Balaban J connectivity index is 1.51. The number of rotatable bonds is 5. The van der Waals surface area contributed by atoms with Crippen LogP contribution in [0.15, 0.2) is 67.3 Å². The van der Waals surface area contributed by atoms with E-state index in [0.717, 1.165) is 36.8 Å². The Labute approximate surface area is 159 Å². The summed E-state index contributed by atoms with van der Waals surface area (Å²) in [5.74, 6) is -0.176. The Hall–Kier alpha value is -2.88. The summed E-state index contributed by atoms with van der Waals surface area (Å²) in [5.41, 5.74) is 2.67. The highest BCUT2D eigenvalue weighted by molar-refractivity contribution is 6.01. The summed E-state index contributed by atoms with van der Waals surface area (Å²) in [6, 6.07) is 17.9. The first-order chi connectivity index (χ1) is 13.1. The maximum absolute atomic E-state index is 13.0. The molecule has 2 amide bonds. The highest BCUT2D eigenvalue weighted by atomic mass is 16.2. The van der Waals surface area contributed by atoms with Gasteiger partial charge in [0.2, 0.25) is 5.91 Å². The first-order valence-corrected chi connectivity index (χ1v) is 9.52. The van der Waals surface area contributed by atoms with Crippen LogP contribution in [0.3, 0.4) is 0 Å². The summed E-state index contributed by atoms with van der Waals surface area (Å²) in [5, 5.41) is 6.27. The molecule has 2 atom stereocenters. The molecule has 2 saturated carbocycles. The summed E-state index contributed by atoms with van der Waals surface area (Å²) < 4.78 is 0. The topological polar surface area (TPSA) is 58.2 Å². The number of carbonyl (C=O) groups excluding carboxylic acids is 2. The van der Waals surface area contributed by atoms with Crippen molar-refractivity contribution in [2.45, 2.75) is 37.8 Å². The average molecular weight is 360 g/mol. The van der Waals surface area contributed by atoms with E-state index in [1.165, 1.54) is 6.08 Å². The van der Waals surface area contributed by atoms with Crippen LogP contribution in [0.1, 0.15) is 36.0 Å². The fourth-order valence-corrected chi connectivity index (χ4v) is 4.49.